The Morgan fingerprint density at radius 2 is 0.875 bits per heavy atom. The molecule has 8 heteroatoms. The van der Waals surface area contributed by atoms with Gasteiger partial charge in [-0.1, -0.05) is 0 Å². The van der Waals surface area contributed by atoms with E-state index in [1.165, 1.54) is 0 Å². The third-order valence-corrected chi connectivity index (χ3v) is 0. The number of hydrogen-bond acceptors (Lipinski definition) is 4. The molecule has 0 aliphatic heterocycles. The van der Waals surface area contributed by atoms with Gasteiger partial charge in [-0.2, -0.15) is 0 Å². The average Bonchev–Trinajstić information content (AvgIpc) is 0.722. The molecule has 50 valence electrons. The summed E-state index contributed by atoms with van der Waals surface area (Å²) in [6, 6.07) is 0. The number of rotatable bonds is 0. The Balaban J connectivity index is -0.0000000133. The fourth-order valence-corrected chi connectivity index (χ4v) is 0. The van der Waals surface area contributed by atoms with Crippen molar-refractivity contribution >= 4 is 0 Å². The summed E-state index contributed by atoms with van der Waals surface area (Å²) in [5.41, 5.74) is 0. The second-order valence-electron chi connectivity index (χ2n) is 0.354. The molecular weight excluding hydrogens is 325 g/mol. The van der Waals surface area contributed by atoms with Gasteiger partial charge >= 0.3 is 80.4 Å². The van der Waals surface area contributed by atoms with Crippen molar-refractivity contribution in [2.24, 2.45) is 0 Å². The Hall–Kier alpha value is 1.39. The SMILES string of the molecule is O.O.[H-].[K+].[O]=[Os](=[O])(=[O])=[O]. The second kappa shape index (κ2) is 8.39. The Labute approximate surface area is 91.1 Å². The van der Waals surface area contributed by atoms with E-state index in [-0.39, 0.29) is 63.8 Å². The van der Waals surface area contributed by atoms with Crippen LogP contribution in [-0.2, 0) is 29.0 Å². The van der Waals surface area contributed by atoms with Gasteiger partial charge in [-0.25, -0.2) is 0 Å². The molecule has 0 radical (unpaired) electrons. The van der Waals surface area contributed by atoms with Gasteiger partial charge in [0.25, 0.3) is 0 Å². The van der Waals surface area contributed by atoms with E-state index >= 15 is 0 Å². The van der Waals surface area contributed by atoms with Crippen LogP contribution in [-0.4, -0.2) is 11.0 Å². The fraction of sp³-hybridized carbons (Fsp3) is 0. The molecule has 0 aliphatic carbocycles. The summed E-state index contributed by atoms with van der Waals surface area (Å²) >= 11 is -6.06. The van der Waals surface area contributed by atoms with Gasteiger partial charge in [-0.05, 0) is 0 Å². The Kier molecular flexibility index (Phi) is 23.9. The van der Waals surface area contributed by atoms with Crippen LogP contribution in [0.1, 0.15) is 1.43 Å². The minimum atomic E-state index is -6.06. The first-order chi connectivity index (χ1) is 2.00. The van der Waals surface area contributed by atoms with Crippen LogP contribution in [0.5, 0.6) is 0 Å². The van der Waals surface area contributed by atoms with Crippen LogP contribution in [0.15, 0.2) is 0 Å². The summed E-state index contributed by atoms with van der Waals surface area (Å²) < 4.78 is 34.5. The minimum absolute atomic E-state index is 0. The first kappa shape index (κ1) is 22.7. The standard InChI is InChI=1S/K.2H2O.4O.Os.H/h;2*1H2;;;;;;/q+1;;;;;;;;-1. The molecule has 6 nitrogen and oxygen atoms in total. The first-order valence-corrected chi connectivity index (χ1v) is 4.73. The molecular formula is H5KO6Os. The van der Waals surface area contributed by atoms with Gasteiger partial charge < -0.3 is 12.4 Å². The molecule has 0 heterocycles. The summed E-state index contributed by atoms with van der Waals surface area (Å²) in [6.45, 7) is 0. The zero-order valence-corrected chi connectivity index (χ0v) is 9.65. The van der Waals surface area contributed by atoms with Gasteiger partial charge in [0, 0.05) is 0 Å². The van der Waals surface area contributed by atoms with Gasteiger partial charge in [-0.15, -0.1) is 0 Å². The normalized spacial score (nSPS) is 7.00. The summed E-state index contributed by atoms with van der Waals surface area (Å²) in [5.74, 6) is 0. The van der Waals surface area contributed by atoms with E-state index in [4.69, 9.17) is 14.2 Å². The molecule has 8 heavy (non-hydrogen) atoms. The van der Waals surface area contributed by atoms with Crippen molar-refractivity contribution in [3.8, 4) is 0 Å². The van der Waals surface area contributed by atoms with E-state index in [1.807, 2.05) is 0 Å². The van der Waals surface area contributed by atoms with E-state index in [1.54, 1.807) is 0 Å². The van der Waals surface area contributed by atoms with Crippen LogP contribution >= 0.6 is 0 Å². The molecule has 4 N–H and O–H groups in total. The summed E-state index contributed by atoms with van der Waals surface area (Å²) in [4.78, 5) is 0. The molecule has 0 aromatic heterocycles. The average molecular weight is 330 g/mol. The zero-order valence-electron chi connectivity index (χ0n) is 4.99. The number of hydrogen-bond donors (Lipinski definition) is 0. The van der Waals surface area contributed by atoms with Crippen molar-refractivity contribution in [1.82, 2.24) is 0 Å². The predicted molar refractivity (Wildman–Crippen MR) is 11.1 cm³/mol. The van der Waals surface area contributed by atoms with Crippen LogP contribution in [0.3, 0.4) is 0 Å². The molecule has 0 fully saturated rings. The van der Waals surface area contributed by atoms with E-state index in [9.17, 15) is 0 Å². The van der Waals surface area contributed by atoms with E-state index in [2.05, 4.69) is 0 Å². The van der Waals surface area contributed by atoms with E-state index in [0.29, 0.717) is 0 Å². The molecule has 0 atom stereocenters. The quantitative estimate of drug-likeness (QED) is 0.411. The molecule has 0 aromatic carbocycles. The summed E-state index contributed by atoms with van der Waals surface area (Å²) in [7, 11) is 0. The van der Waals surface area contributed by atoms with Crippen LogP contribution in [0, 0.1) is 0 Å². The Morgan fingerprint density at radius 3 is 0.875 bits per heavy atom. The Bertz CT molecular complexity index is 164. The van der Waals surface area contributed by atoms with Crippen molar-refractivity contribution < 1.29 is 92.8 Å². The van der Waals surface area contributed by atoms with Crippen molar-refractivity contribution in [3.05, 3.63) is 0 Å². The predicted octanol–water partition coefficient (Wildman–Crippen LogP) is -5.01. The van der Waals surface area contributed by atoms with Gasteiger partial charge in [0.05, 0.1) is 0 Å². The molecule has 0 bridgehead atoms. The van der Waals surface area contributed by atoms with Crippen LogP contribution in [0.2, 0.25) is 0 Å². The molecule has 0 saturated heterocycles. The first-order valence-electron chi connectivity index (χ1n) is 0.577. The molecule has 0 aliphatic rings. The maximum atomic E-state index is 8.63. The van der Waals surface area contributed by atoms with Crippen LogP contribution in [0.25, 0.3) is 0 Å². The molecule has 0 unspecified atom stereocenters. The van der Waals surface area contributed by atoms with Crippen LogP contribution < -0.4 is 51.4 Å². The van der Waals surface area contributed by atoms with Crippen molar-refractivity contribution in [1.29, 1.82) is 0 Å². The summed E-state index contributed by atoms with van der Waals surface area (Å²) in [5, 5.41) is 0. The van der Waals surface area contributed by atoms with Crippen molar-refractivity contribution in [2.45, 2.75) is 0 Å². The maximum absolute atomic E-state index is 8.63. The van der Waals surface area contributed by atoms with Crippen LogP contribution in [0.4, 0.5) is 0 Å². The molecule has 0 rings (SSSR count). The van der Waals surface area contributed by atoms with Crippen molar-refractivity contribution in [2.75, 3.05) is 0 Å². The zero-order chi connectivity index (χ0) is 4.50. The van der Waals surface area contributed by atoms with Gasteiger partial charge in [0.15, 0.2) is 0 Å². The molecule has 0 aromatic rings. The Morgan fingerprint density at radius 1 is 0.875 bits per heavy atom. The second-order valence-corrected chi connectivity index (χ2v) is 2.89. The molecule has 0 spiro atoms. The van der Waals surface area contributed by atoms with Crippen molar-refractivity contribution in [3.63, 3.8) is 0 Å². The summed E-state index contributed by atoms with van der Waals surface area (Å²) in [6.07, 6.45) is 0. The van der Waals surface area contributed by atoms with Gasteiger partial charge in [0.1, 0.15) is 0 Å². The third kappa shape index (κ3) is 156. The molecule has 0 amide bonds. The third-order valence-electron chi connectivity index (χ3n) is 0. The molecule has 0 saturated carbocycles. The topological polar surface area (TPSA) is 131 Å². The van der Waals surface area contributed by atoms with E-state index < -0.39 is 14.8 Å². The monoisotopic (exact) mass is 332 g/mol. The van der Waals surface area contributed by atoms with E-state index in [0.717, 1.165) is 0 Å². The van der Waals surface area contributed by atoms with Gasteiger partial charge in [0.2, 0.25) is 0 Å². The fourth-order valence-electron chi connectivity index (χ4n) is 0. The van der Waals surface area contributed by atoms with Gasteiger partial charge in [-0.3, -0.25) is 0 Å².